The van der Waals surface area contributed by atoms with Gasteiger partial charge < -0.3 is 14.7 Å². The molecule has 172 valence electrons. The topological polar surface area (TPSA) is 91.0 Å². The standard InChI is InChI=1S/C21H31N5O3S.HI/c1-17-6-5-7-18(14-17)21(2,3)16-23-20(22-4)25-9-11-26(12-10-25)30(27,28)15-19-8-13-29-24-19;/h5-8,13-14H,9-12,15-16H2,1-4H3,(H,22,23);1H. The Labute approximate surface area is 202 Å². The number of hydrogen-bond donors (Lipinski definition) is 1. The summed E-state index contributed by atoms with van der Waals surface area (Å²) in [5.74, 6) is 0.658. The molecule has 10 heteroatoms. The maximum absolute atomic E-state index is 12.6. The Bertz CT molecular complexity index is 969. The van der Waals surface area contributed by atoms with E-state index in [1.807, 2.05) is 0 Å². The lowest BCUT2D eigenvalue weighted by molar-refractivity contribution is 0.258. The molecule has 0 atom stereocenters. The third kappa shape index (κ3) is 6.66. The quantitative estimate of drug-likeness (QED) is 0.332. The van der Waals surface area contributed by atoms with Crippen molar-refractivity contribution in [2.75, 3.05) is 39.8 Å². The number of aryl methyl sites for hydroxylation is 1. The largest absolute Gasteiger partial charge is 0.364 e. The average Bonchev–Trinajstić information content (AvgIpc) is 3.21. The highest BCUT2D eigenvalue weighted by Gasteiger charge is 2.29. The van der Waals surface area contributed by atoms with Gasteiger partial charge in [0.15, 0.2) is 5.96 Å². The zero-order chi connectivity index (χ0) is 21.8. The maximum Gasteiger partial charge on any atom is 0.220 e. The van der Waals surface area contributed by atoms with Gasteiger partial charge in [0.25, 0.3) is 0 Å². The van der Waals surface area contributed by atoms with Gasteiger partial charge in [0, 0.05) is 51.3 Å². The van der Waals surface area contributed by atoms with E-state index in [2.05, 4.69) is 65.4 Å². The predicted molar refractivity (Wildman–Crippen MR) is 133 cm³/mol. The number of nitrogens with zero attached hydrogens (tertiary/aromatic N) is 4. The summed E-state index contributed by atoms with van der Waals surface area (Å²) >= 11 is 0. The van der Waals surface area contributed by atoms with Crippen molar-refractivity contribution in [2.24, 2.45) is 4.99 Å². The SMILES string of the molecule is CN=C(NCC(C)(C)c1cccc(C)c1)N1CCN(S(=O)(=O)Cc2ccon2)CC1.I. The smallest absolute Gasteiger partial charge is 0.220 e. The molecule has 0 bridgehead atoms. The molecule has 0 radical (unpaired) electrons. The first-order chi connectivity index (χ1) is 14.2. The van der Waals surface area contributed by atoms with Gasteiger partial charge in [0.2, 0.25) is 10.0 Å². The molecule has 0 unspecified atom stereocenters. The Morgan fingerprint density at radius 2 is 1.94 bits per heavy atom. The summed E-state index contributed by atoms with van der Waals surface area (Å²) in [7, 11) is -1.65. The summed E-state index contributed by atoms with van der Waals surface area (Å²) in [4.78, 5) is 6.52. The van der Waals surface area contributed by atoms with Crippen LogP contribution in [0.5, 0.6) is 0 Å². The molecule has 1 aliphatic rings. The fraction of sp³-hybridized carbons (Fsp3) is 0.524. The number of halogens is 1. The normalized spacial score (nSPS) is 16.1. The maximum atomic E-state index is 12.6. The van der Waals surface area contributed by atoms with E-state index in [0.717, 1.165) is 12.5 Å². The lowest BCUT2D eigenvalue weighted by Crippen LogP contribution is -2.55. The predicted octanol–water partition coefficient (Wildman–Crippen LogP) is 2.60. The molecule has 1 saturated heterocycles. The molecule has 1 aliphatic heterocycles. The zero-order valence-electron chi connectivity index (χ0n) is 18.5. The van der Waals surface area contributed by atoms with Gasteiger partial charge in [0.05, 0.1) is 5.69 Å². The minimum absolute atomic E-state index is 0. The first-order valence-corrected chi connectivity index (χ1v) is 11.7. The number of aliphatic imine (C=N–C) groups is 1. The van der Waals surface area contributed by atoms with Crippen LogP contribution in [0.1, 0.15) is 30.7 Å². The van der Waals surface area contributed by atoms with E-state index in [-0.39, 0.29) is 35.1 Å². The van der Waals surface area contributed by atoms with Crippen LogP contribution in [0.15, 0.2) is 46.1 Å². The fourth-order valence-electron chi connectivity index (χ4n) is 3.57. The van der Waals surface area contributed by atoms with Gasteiger partial charge in [-0.1, -0.05) is 48.8 Å². The number of hydrogen-bond acceptors (Lipinski definition) is 5. The molecule has 0 saturated carbocycles. The fourth-order valence-corrected chi connectivity index (χ4v) is 4.99. The van der Waals surface area contributed by atoms with Crippen LogP contribution in [0.3, 0.4) is 0 Å². The summed E-state index contributed by atoms with van der Waals surface area (Å²) < 4.78 is 31.5. The molecule has 31 heavy (non-hydrogen) atoms. The number of piperazine rings is 1. The molecule has 0 spiro atoms. The van der Waals surface area contributed by atoms with Gasteiger partial charge in [-0.15, -0.1) is 24.0 Å². The number of rotatable bonds is 6. The van der Waals surface area contributed by atoms with E-state index in [9.17, 15) is 8.42 Å². The van der Waals surface area contributed by atoms with Crippen LogP contribution in [0.2, 0.25) is 0 Å². The molecule has 1 aromatic heterocycles. The molecule has 0 amide bonds. The Balaban J connectivity index is 0.00000341. The van der Waals surface area contributed by atoms with Gasteiger partial charge in [-0.3, -0.25) is 4.99 Å². The minimum atomic E-state index is -3.41. The minimum Gasteiger partial charge on any atom is -0.364 e. The first-order valence-electron chi connectivity index (χ1n) is 10.1. The second-order valence-corrected chi connectivity index (χ2v) is 10.3. The van der Waals surface area contributed by atoms with E-state index in [4.69, 9.17) is 4.52 Å². The first kappa shape index (κ1) is 25.6. The van der Waals surface area contributed by atoms with Crippen molar-refractivity contribution in [3.05, 3.63) is 53.4 Å². The molecule has 8 nitrogen and oxygen atoms in total. The van der Waals surface area contributed by atoms with Crippen LogP contribution in [0.4, 0.5) is 0 Å². The second-order valence-electron chi connectivity index (χ2n) is 8.29. The molecule has 1 fully saturated rings. The molecule has 1 aromatic carbocycles. The summed E-state index contributed by atoms with van der Waals surface area (Å²) in [6.07, 6.45) is 1.39. The lowest BCUT2D eigenvalue weighted by Gasteiger charge is -2.37. The number of aromatic nitrogens is 1. The van der Waals surface area contributed by atoms with Crippen molar-refractivity contribution in [2.45, 2.75) is 31.9 Å². The van der Waals surface area contributed by atoms with Crippen molar-refractivity contribution in [1.29, 1.82) is 0 Å². The van der Waals surface area contributed by atoms with Crippen molar-refractivity contribution >= 4 is 40.0 Å². The Kier molecular flexibility index (Phi) is 8.90. The van der Waals surface area contributed by atoms with Gasteiger partial charge >= 0.3 is 0 Å². The van der Waals surface area contributed by atoms with Crippen molar-refractivity contribution in [3.8, 4) is 0 Å². The molecule has 0 aliphatic carbocycles. The molecule has 2 heterocycles. The number of benzene rings is 1. The van der Waals surface area contributed by atoms with Crippen molar-refractivity contribution in [1.82, 2.24) is 19.7 Å². The molecule has 3 rings (SSSR count). The van der Waals surface area contributed by atoms with E-state index >= 15 is 0 Å². The van der Waals surface area contributed by atoms with Crippen LogP contribution >= 0.6 is 24.0 Å². The van der Waals surface area contributed by atoms with Crippen LogP contribution in [-0.4, -0.2) is 68.5 Å². The van der Waals surface area contributed by atoms with E-state index in [1.165, 1.54) is 21.7 Å². The summed E-state index contributed by atoms with van der Waals surface area (Å²) in [6.45, 7) is 9.25. The highest BCUT2D eigenvalue weighted by molar-refractivity contribution is 14.0. The summed E-state index contributed by atoms with van der Waals surface area (Å²) in [6, 6.07) is 10.1. The number of guanidine groups is 1. The van der Waals surface area contributed by atoms with Gasteiger partial charge in [-0.2, -0.15) is 4.31 Å². The highest BCUT2D eigenvalue weighted by Crippen LogP contribution is 2.23. The lowest BCUT2D eigenvalue weighted by atomic mass is 9.84. The van der Waals surface area contributed by atoms with Gasteiger partial charge in [-0.25, -0.2) is 8.42 Å². The Hall–Kier alpha value is -1.66. The van der Waals surface area contributed by atoms with Crippen molar-refractivity contribution in [3.63, 3.8) is 0 Å². The monoisotopic (exact) mass is 561 g/mol. The molecular formula is C21H32IN5O3S. The third-order valence-corrected chi connectivity index (χ3v) is 7.27. The van der Waals surface area contributed by atoms with E-state index in [1.54, 1.807) is 13.1 Å². The van der Waals surface area contributed by atoms with Crippen LogP contribution in [0.25, 0.3) is 0 Å². The molecule has 2 aromatic rings. The van der Waals surface area contributed by atoms with E-state index in [0.29, 0.717) is 31.9 Å². The zero-order valence-corrected chi connectivity index (χ0v) is 21.7. The molecular weight excluding hydrogens is 529 g/mol. The molecule has 1 N–H and O–H groups in total. The van der Waals surface area contributed by atoms with Crippen LogP contribution in [0, 0.1) is 6.92 Å². The summed E-state index contributed by atoms with van der Waals surface area (Å²) in [5, 5.41) is 7.18. The third-order valence-electron chi connectivity index (χ3n) is 5.45. The Morgan fingerprint density at radius 3 is 2.52 bits per heavy atom. The van der Waals surface area contributed by atoms with E-state index < -0.39 is 10.0 Å². The average molecular weight is 561 g/mol. The summed E-state index contributed by atoms with van der Waals surface area (Å²) in [5.41, 5.74) is 2.88. The Morgan fingerprint density at radius 1 is 1.23 bits per heavy atom. The number of nitrogens with one attached hydrogen (secondary N) is 1. The van der Waals surface area contributed by atoms with Gasteiger partial charge in [0.1, 0.15) is 12.0 Å². The van der Waals surface area contributed by atoms with Gasteiger partial charge in [-0.05, 0) is 12.5 Å². The van der Waals surface area contributed by atoms with Crippen LogP contribution < -0.4 is 5.32 Å². The highest BCUT2D eigenvalue weighted by atomic mass is 127. The van der Waals surface area contributed by atoms with Crippen LogP contribution in [-0.2, 0) is 21.2 Å². The van der Waals surface area contributed by atoms with Crippen molar-refractivity contribution < 1.29 is 12.9 Å². The number of sulfonamides is 1. The second kappa shape index (κ2) is 10.8.